The summed E-state index contributed by atoms with van der Waals surface area (Å²) in [6, 6.07) is 13.4. The molecule has 2 aromatic carbocycles. The summed E-state index contributed by atoms with van der Waals surface area (Å²) < 4.78 is 6.93. The zero-order valence-corrected chi connectivity index (χ0v) is 15.1. The predicted octanol–water partition coefficient (Wildman–Crippen LogP) is 3.93. The van der Waals surface area contributed by atoms with Gasteiger partial charge in [0.05, 0.1) is 0 Å². The Hall–Kier alpha value is -2.00. The molecule has 2 N–H and O–H groups in total. The topological polar surface area (TPSA) is 67.2 Å². The van der Waals surface area contributed by atoms with Crippen molar-refractivity contribution in [1.82, 2.24) is 10.3 Å². The molecule has 0 radical (unpaired) electrons. The number of hydrogen-bond donors (Lipinski definition) is 2. The van der Waals surface area contributed by atoms with E-state index >= 15 is 0 Å². The summed E-state index contributed by atoms with van der Waals surface area (Å²) in [5, 5.41) is 5.70. The lowest BCUT2D eigenvalue weighted by molar-refractivity contribution is -0.117. The molecule has 116 valence electrons. The van der Waals surface area contributed by atoms with Crippen LogP contribution in [-0.2, 0) is 4.79 Å². The average molecular weight is 437 g/mol. The van der Waals surface area contributed by atoms with Crippen molar-refractivity contribution < 1.29 is 9.21 Å². The van der Waals surface area contributed by atoms with E-state index in [0.29, 0.717) is 17.0 Å². The Balaban J connectivity index is 1.87. The number of carbonyl (C=O) groups excluding carboxylic acids is 1. The van der Waals surface area contributed by atoms with E-state index in [-0.39, 0.29) is 11.0 Å². The fourth-order valence-electron chi connectivity index (χ4n) is 2.04. The summed E-state index contributed by atoms with van der Waals surface area (Å²) in [4.78, 5) is 15.5. The Kier molecular flexibility index (Phi) is 4.58. The van der Waals surface area contributed by atoms with Crippen LogP contribution in [0.5, 0.6) is 0 Å². The van der Waals surface area contributed by atoms with Gasteiger partial charge in [0, 0.05) is 21.7 Å². The molecule has 3 aromatic rings. The minimum Gasteiger partial charge on any atom is -0.436 e. The molecule has 1 heterocycles. The van der Waals surface area contributed by atoms with Gasteiger partial charge in [0.15, 0.2) is 10.7 Å². The maximum atomic E-state index is 11.0. The second-order valence-electron chi connectivity index (χ2n) is 4.84. The summed E-state index contributed by atoms with van der Waals surface area (Å²) >= 11 is 7.29. The third kappa shape index (κ3) is 3.85. The lowest BCUT2D eigenvalue weighted by atomic mass is 10.2. The number of rotatable bonds is 2. The minimum atomic E-state index is -0.217. The minimum absolute atomic E-state index is 0.217. The second-order valence-corrected chi connectivity index (χ2v) is 6.50. The smallest absolute Gasteiger partial charge is 0.227 e. The van der Waals surface area contributed by atoms with Gasteiger partial charge in [0.2, 0.25) is 11.8 Å². The molecule has 0 saturated carbocycles. The number of nitrogens with zero attached hydrogens (tertiary/aromatic N) is 1. The molecule has 0 aliphatic rings. The molecule has 7 heteroatoms. The molecule has 0 fully saturated rings. The van der Waals surface area contributed by atoms with E-state index in [1.165, 1.54) is 6.92 Å². The van der Waals surface area contributed by atoms with Crippen molar-refractivity contribution in [2.45, 2.75) is 6.92 Å². The molecule has 0 bridgehead atoms. The monoisotopic (exact) mass is 437 g/mol. The molecule has 1 amide bonds. The fourth-order valence-corrected chi connectivity index (χ4v) is 2.66. The summed E-state index contributed by atoms with van der Waals surface area (Å²) in [6.07, 6.45) is 0. The van der Waals surface area contributed by atoms with Crippen molar-refractivity contribution in [3.8, 4) is 11.5 Å². The van der Waals surface area contributed by atoms with Gasteiger partial charge in [-0.15, -0.1) is 0 Å². The number of aromatic nitrogens is 1. The van der Waals surface area contributed by atoms with Crippen molar-refractivity contribution in [2.24, 2.45) is 0 Å². The van der Waals surface area contributed by atoms with E-state index in [4.69, 9.17) is 16.6 Å². The standard InChI is InChI=1S/C16H12IN3O2S/c1-9(21)18-16(23)19-12-6-7-14-13(8-12)20-15(22-14)10-2-4-11(17)5-3-10/h2-8H,1H3,(H2,18,19,21,23). The molecule has 3 rings (SSSR count). The van der Waals surface area contributed by atoms with Crippen molar-refractivity contribution >= 4 is 62.6 Å². The maximum Gasteiger partial charge on any atom is 0.227 e. The van der Waals surface area contributed by atoms with Crippen LogP contribution in [0.4, 0.5) is 5.69 Å². The second kappa shape index (κ2) is 6.63. The van der Waals surface area contributed by atoms with Gasteiger partial charge in [-0.3, -0.25) is 4.79 Å². The quantitative estimate of drug-likeness (QED) is 0.470. The number of hydrogen-bond acceptors (Lipinski definition) is 4. The van der Waals surface area contributed by atoms with Gasteiger partial charge in [-0.05, 0) is 77.3 Å². The van der Waals surface area contributed by atoms with Crippen LogP contribution < -0.4 is 10.6 Å². The van der Waals surface area contributed by atoms with E-state index in [2.05, 4.69) is 38.2 Å². The first-order valence-corrected chi connectivity index (χ1v) is 8.25. The van der Waals surface area contributed by atoms with Gasteiger partial charge in [-0.2, -0.15) is 0 Å². The zero-order valence-electron chi connectivity index (χ0n) is 12.1. The highest BCUT2D eigenvalue weighted by molar-refractivity contribution is 14.1. The van der Waals surface area contributed by atoms with Crippen LogP contribution in [-0.4, -0.2) is 16.0 Å². The summed E-state index contributed by atoms with van der Waals surface area (Å²) in [5.74, 6) is 0.351. The van der Waals surface area contributed by atoms with Gasteiger partial charge >= 0.3 is 0 Å². The third-order valence-corrected chi connectivity index (χ3v) is 3.95. The Morgan fingerprint density at radius 1 is 1.22 bits per heavy atom. The van der Waals surface area contributed by atoms with E-state index < -0.39 is 0 Å². The van der Waals surface area contributed by atoms with Gasteiger partial charge in [0.25, 0.3) is 0 Å². The highest BCUT2D eigenvalue weighted by atomic mass is 127. The van der Waals surface area contributed by atoms with Crippen LogP contribution in [0.25, 0.3) is 22.6 Å². The fraction of sp³-hybridized carbons (Fsp3) is 0.0625. The Morgan fingerprint density at radius 2 is 1.96 bits per heavy atom. The van der Waals surface area contributed by atoms with Crippen LogP contribution in [0, 0.1) is 3.57 Å². The van der Waals surface area contributed by atoms with Crippen LogP contribution in [0.2, 0.25) is 0 Å². The van der Waals surface area contributed by atoms with Crippen molar-refractivity contribution in [3.63, 3.8) is 0 Å². The normalized spacial score (nSPS) is 10.5. The molecule has 1 aromatic heterocycles. The van der Waals surface area contributed by atoms with Crippen LogP contribution in [0.15, 0.2) is 46.9 Å². The van der Waals surface area contributed by atoms with E-state index in [0.717, 1.165) is 14.8 Å². The lowest BCUT2D eigenvalue weighted by Crippen LogP contribution is -2.32. The average Bonchev–Trinajstić information content (AvgIpc) is 2.90. The number of amides is 1. The molecule has 0 spiro atoms. The van der Waals surface area contributed by atoms with Gasteiger partial charge in [-0.25, -0.2) is 4.98 Å². The Morgan fingerprint density at radius 3 is 2.65 bits per heavy atom. The van der Waals surface area contributed by atoms with Gasteiger partial charge in [-0.1, -0.05) is 0 Å². The molecule has 23 heavy (non-hydrogen) atoms. The Labute approximate surface area is 151 Å². The molecule has 5 nitrogen and oxygen atoms in total. The highest BCUT2D eigenvalue weighted by Gasteiger charge is 2.09. The van der Waals surface area contributed by atoms with Gasteiger partial charge < -0.3 is 15.1 Å². The summed E-state index contributed by atoms with van der Waals surface area (Å²) in [7, 11) is 0. The molecule has 0 aliphatic carbocycles. The summed E-state index contributed by atoms with van der Waals surface area (Å²) in [5.41, 5.74) is 3.06. The van der Waals surface area contributed by atoms with Crippen LogP contribution >= 0.6 is 34.8 Å². The van der Waals surface area contributed by atoms with Crippen molar-refractivity contribution in [2.75, 3.05) is 5.32 Å². The van der Waals surface area contributed by atoms with Crippen LogP contribution in [0.1, 0.15) is 6.92 Å². The van der Waals surface area contributed by atoms with Crippen LogP contribution in [0.3, 0.4) is 0 Å². The number of fused-ring (bicyclic) bond motifs is 1. The van der Waals surface area contributed by atoms with Gasteiger partial charge in [0.1, 0.15) is 5.52 Å². The first-order valence-electron chi connectivity index (χ1n) is 6.76. The molecule has 0 atom stereocenters. The maximum absolute atomic E-state index is 11.0. The number of oxazole rings is 1. The highest BCUT2D eigenvalue weighted by Crippen LogP contribution is 2.26. The molecule has 0 aliphatic heterocycles. The van der Waals surface area contributed by atoms with E-state index in [1.54, 1.807) is 0 Å². The SMILES string of the molecule is CC(=O)NC(=S)Nc1ccc2oc(-c3ccc(I)cc3)nc2c1. The van der Waals surface area contributed by atoms with Crippen molar-refractivity contribution in [3.05, 3.63) is 46.0 Å². The number of anilines is 1. The number of halogens is 1. The number of nitrogens with one attached hydrogen (secondary N) is 2. The van der Waals surface area contributed by atoms with E-state index in [1.807, 2.05) is 42.5 Å². The van der Waals surface area contributed by atoms with E-state index in [9.17, 15) is 4.79 Å². The number of carbonyl (C=O) groups is 1. The first-order chi connectivity index (χ1) is 11.0. The summed E-state index contributed by atoms with van der Waals surface area (Å²) in [6.45, 7) is 1.40. The molecule has 0 unspecified atom stereocenters. The molecule has 0 saturated heterocycles. The number of benzene rings is 2. The predicted molar refractivity (Wildman–Crippen MR) is 102 cm³/mol. The molecular weight excluding hydrogens is 425 g/mol. The third-order valence-electron chi connectivity index (χ3n) is 3.03. The molecular formula is C16H12IN3O2S. The zero-order chi connectivity index (χ0) is 16.4. The Bertz CT molecular complexity index is 890. The lowest BCUT2D eigenvalue weighted by Gasteiger charge is -2.07. The first kappa shape index (κ1) is 15.9. The number of thiocarbonyl (C=S) groups is 1. The van der Waals surface area contributed by atoms with Crippen molar-refractivity contribution in [1.29, 1.82) is 0 Å². The largest absolute Gasteiger partial charge is 0.436 e.